The van der Waals surface area contributed by atoms with Gasteiger partial charge in [0.15, 0.2) is 11.6 Å². The van der Waals surface area contributed by atoms with Gasteiger partial charge in [-0.3, -0.25) is 14.6 Å². The first-order chi connectivity index (χ1) is 6.77. The summed E-state index contributed by atoms with van der Waals surface area (Å²) in [5.74, 6) is -0.150. The molecule has 3 rings (SSSR count). The van der Waals surface area contributed by atoms with Gasteiger partial charge in [-0.05, 0) is 12.1 Å². The van der Waals surface area contributed by atoms with Crippen molar-refractivity contribution in [1.29, 1.82) is 0 Å². The first-order valence-electron chi connectivity index (χ1n) is 4.21. The Morgan fingerprint density at radius 2 is 2.14 bits per heavy atom. The molecule has 0 N–H and O–H groups in total. The summed E-state index contributed by atoms with van der Waals surface area (Å²) in [6, 6.07) is 3.69. The average Bonchev–Trinajstić information content (AvgIpc) is 2.66. The maximum atomic E-state index is 11.5. The summed E-state index contributed by atoms with van der Waals surface area (Å²) in [5, 5.41) is 0. The number of hydrogen-bond donors (Lipinski definition) is 0. The van der Waals surface area contributed by atoms with Gasteiger partial charge in [-0.1, -0.05) is 0 Å². The van der Waals surface area contributed by atoms with Crippen molar-refractivity contribution in [2.45, 2.75) is 6.42 Å². The van der Waals surface area contributed by atoms with Gasteiger partial charge in [-0.2, -0.15) is 0 Å². The molecule has 1 aliphatic rings. The van der Waals surface area contributed by atoms with Crippen molar-refractivity contribution in [2.24, 2.45) is 0 Å². The molecule has 0 saturated carbocycles. The number of thiophene rings is 1. The highest BCUT2D eigenvalue weighted by Crippen LogP contribution is 2.35. The van der Waals surface area contributed by atoms with Gasteiger partial charge in [0.1, 0.15) is 0 Å². The van der Waals surface area contributed by atoms with E-state index in [4.69, 9.17) is 0 Å². The zero-order chi connectivity index (χ0) is 9.71. The lowest BCUT2D eigenvalue weighted by Gasteiger charge is -1.89. The number of nitrogens with zero attached hydrogens (tertiary/aromatic N) is 1. The summed E-state index contributed by atoms with van der Waals surface area (Å²) in [7, 11) is 0. The zero-order valence-electron chi connectivity index (χ0n) is 7.11. The fraction of sp³-hybridized carbons (Fsp3) is 0.100. The van der Waals surface area contributed by atoms with Gasteiger partial charge in [0.05, 0.1) is 27.1 Å². The maximum Gasteiger partial charge on any atom is 0.181 e. The second-order valence-corrected chi connectivity index (χ2v) is 4.23. The number of rotatable bonds is 0. The third-order valence-corrected chi connectivity index (χ3v) is 3.49. The number of pyridine rings is 1. The second kappa shape index (κ2) is 2.48. The second-order valence-electron chi connectivity index (χ2n) is 3.18. The number of Topliss-reactive ketones (excluding diaryl/α,β-unsaturated/α-hetero) is 2. The Morgan fingerprint density at radius 3 is 3.00 bits per heavy atom. The SMILES string of the molecule is O=C1CC(=O)c2c1sc1cccnc21. The smallest absolute Gasteiger partial charge is 0.181 e. The summed E-state index contributed by atoms with van der Waals surface area (Å²) in [4.78, 5) is 27.6. The van der Waals surface area contributed by atoms with Crippen LogP contribution in [0.5, 0.6) is 0 Å². The van der Waals surface area contributed by atoms with E-state index >= 15 is 0 Å². The molecule has 0 aliphatic heterocycles. The fourth-order valence-electron chi connectivity index (χ4n) is 1.70. The molecular weight excluding hydrogens is 198 g/mol. The van der Waals surface area contributed by atoms with Crippen molar-refractivity contribution < 1.29 is 9.59 Å². The van der Waals surface area contributed by atoms with Crippen molar-refractivity contribution in [3.63, 3.8) is 0 Å². The van der Waals surface area contributed by atoms with Crippen molar-refractivity contribution in [1.82, 2.24) is 4.98 Å². The van der Waals surface area contributed by atoms with Crippen LogP contribution in [0.4, 0.5) is 0 Å². The van der Waals surface area contributed by atoms with E-state index in [2.05, 4.69) is 4.98 Å². The number of hydrogen-bond acceptors (Lipinski definition) is 4. The Bertz CT molecular complexity index is 571. The molecule has 0 bridgehead atoms. The molecule has 14 heavy (non-hydrogen) atoms. The number of aromatic nitrogens is 1. The summed E-state index contributed by atoms with van der Waals surface area (Å²) < 4.78 is 0.916. The van der Waals surface area contributed by atoms with Crippen LogP contribution >= 0.6 is 11.3 Å². The predicted molar refractivity (Wildman–Crippen MR) is 52.9 cm³/mol. The van der Waals surface area contributed by atoms with Crippen LogP contribution in [-0.2, 0) is 0 Å². The molecule has 2 heterocycles. The van der Waals surface area contributed by atoms with E-state index in [9.17, 15) is 9.59 Å². The van der Waals surface area contributed by atoms with Gasteiger partial charge in [0.25, 0.3) is 0 Å². The lowest BCUT2D eigenvalue weighted by Crippen LogP contribution is -1.93. The highest BCUT2D eigenvalue weighted by atomic mass is 32.1. The van der Waals surface area contributed by atoms with E-state index in [1.807, 2.05) is 12.1 Å². The van der Waals surface area contributed by atoms with E-state index in [0.717, 1.165) is 4.70 Å². The molecule has 2 aromatic heterocycles. The minimum absolute atomic E-state index is 0.0215. The standard InChI is InChI=1S/C10H5NO2S/c12-5-4-6(13)10-8(5)9-7(14-10)2-1-3-11-9/h1-3H,4H2. The molecule has 0 fully saturated rings. The molecule has 0 saturated heterocycles. The summed E-state index contributed by atoms with van der Waals surface area (Å²) in [6.45, 7) is 0. The number of carbonyl (C=O) groups is 2. The Hall–Kier alpha value is -1.55. The normalized spacial score (nSPS) is 15.1. The molecule has 68 valence electrons. The predicted octanol–water partition coefficient (Wildman–Crippen LogP) is 2.07. The van der Waals surface area contributed by atoms with E-state index in [1.165, 1.54) is 11.3 Å². The number of fused-ring (bicyclic) bond motifs is 3. The van der Waals surface area contributed by atoms with Gasteiger partial charge in [0, 0.05) is 6.20 Å². The van der Waals surface area contributed by atoms with Gasteiger partial charge in [-0.25, -0.2) is 0 Å². The molecule has 0 amide bonds. The highest BCUT2D eigenvalue weighted by Gasteiger charge is 2.32. The zero-order valence-corrected chi connectivity index (χ0v) is 7.93. The third-order valence-electron chi connectivity index (χ3n) is 2.30. The fourth-order valence-corrected chi connectivity index (χ4v) is 2.82. The number of ketones is 2. The molecule has 4 heteroatoms. The quantitative estimate of drug-likeness (QED) is 0.616. The molecule has 0 aromatic carbocycles. The molecule has 0 atom stereocenters. The Morgan fingerprint density at radius 1 is 1.29 bits per heavy atom. The van der Waals surface area contributed by atoms with Crippen LogP contribution in [0.3, 0.4) is 0 Å². The Balaban J connectivity index is 2.49. The minimum Gasteiger partial charge on any atom is -0.294 e. The lowest BCUT2D eigenvalue weighted by molar-refractivity contribution is 0.0924. The van der Waals surface area contributed by atoms with Gasteiger partial charge < -0.3 is 0 Å². The average molecular weight is 203 g/mol. The van der Waals surface area contributed by atoms with Crippen LogP contribution in [0.25, 0.3) is 10.2 Å². The Labute approximate surface area is 83.4 Å². The van der Waals surface area contributed by atoms with E-state index < -0.39 is 0 Å². The van der Waals surface area contributed by atoms with Gasteiger partial charge >= 0.3 is 0 Å². The lowest BCUT2D eigenvalue weighted by atomic mass is 10.2. The first kappa shape index (κ1) is 7.82. The minimum atomic E-state index is -0.0880. The van der Waals surface area contributed by atoms with Crippen LogP contribution in [0.15, 0.2) is 18.3 Å². The molecule has 0 unspecified atom stereocenters. The van der Waals surface area contributed by atoms with Crippen LogP contribution < -0.4 is 0 Å². The summed E-state index contributed by atoms with van der Waals surface area (Å²) >= 11 is 1.37. The topological polar surface area (TPSA) is 47.0 Å². The van der Waals surface area contributed by atoms with Gasteiger partial charge in [0.2, 0.25) is 0 Å². The van der Waals surface area contributed by atoms with E-state index in [1.54, 1.807) is 6.20 Å². The summed E-state index contributed by atoms with van der Waals surface area (Å²) in [6.07, 6.45) is 1.67. The third kappa shape index (κ3) is 0.834. The molecule has 3 nitrogen and oxygen atoms in total. The molecule has 1 aliphatic carbocycles. The maximum absolute atomic E-state index is 11.5. The van der Waals surface area contributed by atoms with Crippen molar-refractivity contribution in [2.75, 3.05) is 0 Å². The van der Waals surface area contributed by atoms with E-state index in [0.29, 0.717) is 16.0 Å². The van der Waals surface area contributed by atoms with Crippen LogP contribution in [0.1, 0.15) is 26.5 Å². The molecule has 0 radical (unpaired) electrons. The van der Waals surface area contributed by atoms with Gasteiger partial charge in [-0.15, -0.1) is 11.3 Å². The summed E-state index contributed by atoms with van der Waals surface area (Å²) in [5.41, 5.74) is 1.22. The van der Waals surface area contributed by atoms with Crippen LogP contribution in [0.2, 0.25) is 0 Å². The Kier molecular flexibility index (Phi) is 1.39. The van der Waals surface area contributed by atoms with Crippen molar-refractivity contribution in [3.8, 4) is 0 Å². The molecule has 0 spiro atoms. The van der Waals surface area contributed by atoms with Crippen molar-refractivity contribution in [3.05, 3.63) is 28.8 Å². The van der Waals surface area contributed by atoms with Crippen molar-refractivity contribution >= 4 is 33.1 Å². The molecular formula is C10H5NO2S. The highest BCUT2D eigenvalue weighted by molar-refractivity contribution is 7.21. The number of carbonyl (C=O) groups excluding carboxylic acids is 2. The first-order valence-corrected chi connectivity index (χ1v) is 5.03. The largest absolute Gasteiger partial charge is 0.294 e. The van der Waals surface area contributed by atoms with E-state index in [-0.39, 0.29) is 18.0 Å². The van der Waals surface area contributed by atoms with Crippen LogP contribution in [-0.4, -0.2) is 16.6 Å². The monoisotopic (exact) mass is 203 g/mol. The molecule has 2 aromatic rings. The van der Waals surface area contributed by atoms with Crippen LogP contribution in [0, 0.1) is 0 Å².